The van der Waals surface area contributed by atoms with E-state index in [-0.39, 0.29) is 12.4 Å². The average molecular weight is 843 g/mol. The summed E-state index contributed by atoms with van der Waals surface area (Å²) in [6.45, 7) is 11.9. The van der Waals surface area contributed by atoms with Crippen molar-refractivity contribution >= 4 is 0 Å². The zero-order valence-electron chi connectivity index (χ0n) is 40.2. The third kappa shape index (κ3) is 47.6. The van der Waals surface area contributed by atoms with Gasteiger partial charge in [0.1, 0.15) is 6.54 Å². The number of aliphatic hydroxyl groups excluding tert-OH is 1. The molecule has 0 aliphatic rings. The van der Waals surface area contributed by atoms with Crippen LogP contribution in [0.3, 0.4) is 0 Å². The van der Waals surface area contributed by atoms with Crippen LogP contribution in [0.2, 0.25) is 0 Å². The van der Waals surface area contributed by atoms with E-state index < -0.39 is 0 Å². The minimum atomic E-state index is 0. The Morgan fingerprint density at radius 1 is 0.271 bits per heavy atom. The summed E-state index contributed by atoms with van der Waals surface area (Å²) in [7, 11) is 0. The van der Waals surface area contributed by atoms with Crippen LogP contribution in [-0.2, 0) is 0 Å². The van der Waals surface area contributed by atoms with Crippen LogP contribution in [0, 0.1) is 0 Å². The Balaban J connectivity index is 0. The molecule has 0 spiro atoms. The summed E-state index contributed by atoms with van der Waals surface area (Å²) in [6.07, 6.45) is 75.6. The van der Waals surface area contributed by atoms with E-state index in [1.54, 1.807) is 0 Å². The second kappa shape index (κ2) is 52.8. The third-order valence-electron chi connectivity index (χ3n) is 12.1. The molecule has 0 heterocycles. The molecule has 1 N–H and O–H groups in total. The van der Waals surface area contributed by atoms with Crippen LogP contribution in [0.4, 0.5) is 0 Å². The number of unbranched alkanes of at least 4 members (excludes halogenated alkanes) is 27. The van der Waals surface area contributed by atoms with Crippen molar-refractivity contribution in [2.24, 2.45) is 0 Å². The smallest absolute Gasteiger partial charge is 0.102 e. The van der Waals surface area contributed by atoms with E-state index in [2.05, 4.69) is 93.7 Å². The van der Waals surface area contributed by atoms with Crippen molar-refractivity contribution in [3.63, 3.8) is 0 Å². The molecule has 59 heavy (non-hydrogen) atoms. The monoisotopic (exact) mass is 842 g/mol. The Hall–Kier alpha value is -1.35. The van der Waals surface area contributed by atoms with Crippen molar-refractivity contribution < 1.29 is 22.0 Å². The molecule has 0 unspecified atom stereocenters. The second-order valence-corrected chi connectivity index (χ2v) is 17.7. The molecule has 0 aromatic rings. The second-order valence-electron chi connectivity index (χ2n) is 17.7. The number of allylic oxidation sites excluding steroid dienone is 12. The van der Waals surface area contributed by atoms with Crippen molar-refractivity contribution in [1.29, 1.82) is 0 Å². The number of rotatable bonds is 47. The molecule has 0 aliphatic heterocycles. The van der Waals surface area contributed by atoms with Crippen LogP contribution in [0.15, 0.2) is 72.9 Å². The predicted molar refractivity (Wildman–Crippen MR) is 265 cm³/mol. The normalized spacial score (nSPS) is 12.6. The van der Waals surface area contributed by atoms with Crippen molar-refractivity contribution in [3.8, 4) is 0 Å². The van der Waals surface area contributed by atoms with Gasteiger partial charge in [-0.05, 0) is 135 Å². The van der Waals surface area contributed by atoms with Gasteiger partial charge in [0.2, 0.25) is 0 Å². The highest BCUT2D eigenvalue weighted by Crippen LogP contribution is 2.19. The fourth-order valence-electron chi connectivity index (χ4n) is 8.19. The van der Waals surface area contributed by atoms with Crippen LogP contribution < -0.4 is 12.4 Å². The largest absolute Gasteiger partial charge is 1.00 e. The molecule has 0 radical (unpaired) electrons. The van der Waals surface area contributed by atoms with E-state index in [0.29, 0.717) is 6.61 Å². The molecule has 3 heteroatoms. The summed E-state index contributed by atoms with van der Waals surface area (Å²) in [5.74, 6) is 0. The van der Waals surface area contributed by atoms with Gasteiger partial charge in [-0.15, -0.1) is 0 Å². The van der Waals surface area contributed by atoms with E-state index in [0.717, 1.165) is 25.8 Å². The minimum absolute atomic E-state index is 0. The summed E-state index contributed by atoms with van der Waals surface area (Å²) in [5.41, 5.74) is 0. The molecule has 0 saturated heterocycles. The Bertz CT molecular complexity index is 844. The van der Waals surface area contributed by atoms with Crippen LogP contribution >= 0.6 is 0 Å². The molecule has 0 saturated carbocycles. The highest BCUT2D eigenvalue weighted by atomic mass is 35.5. The number of halogens is 1. The third-order valence-corrected chi connectivity index (χ3v) is 12.1. The maximum Gasteiger partial charge on any atom is 0.102 e. The zero-order chi connectivity index (χ0) is 42.0. The lowest BCUT2D eigenvalue weighted by atomic mass is 10.0. The van der Waals surface area contributed by atoms with E-state index in [1.807, 2.05) is 0 Å². The molecule has 0 bridgehead atoms. The summed E-state index contributed by atoms with van der Waals surface area (Å²) in [6, 6.07) is 0. The van der Waals surface area contributed by atoms with Gasteiger partial charge in [0.25, 0.3) is 0 Å². The van der Waals surface area contributed by atoms with E-state index in [4.69, 9.17) is 0 Å². The van der Waals surface area contributed by atoms with E-state index >= 15 is 0 Å². The molecule has 0 aliphatic carbocycles. The summed E-state index contributed by atoms with van der Waals surface area (Å²) in [5, 5.41) is 10.3. The predicted octanol–water partition coefficient (Wildman–Crippen LogP) is 15.2. The van der Waals surface area contributed by atoms with Crippen LogP contribution in [0.5, 0.6) is 0 Å². The quantitative estimate of drug-likeness (QED) is 0.0368. The standard InChI is InChI=1S/C56H104NO.ClH/c1-4-7-10-13-16-19-22-25-28-31-34-37-40-43-46-49-52-57(55-56-58,53-50-47-44-41-38-35-32-29-26-23-20-17-14-11-8-5-2)54-51-48-45-42-39-36-33-30-27-24-21-18-15-12-9-6-3;/h16-21,25-30,58H,4-15,22-24,31-56H2,1-3H3;1H/q+1;/p-1/b19-16-,20-17-,21-18-,28-25-,29-26-,30-27-;. The maximum absolute atomic E-state index is 10.3. The van der Waals surface area contributed by atoms with Gasteiger partial charge in [0.05, 0.1) is 26.2 Å². The first-order valence-corrected chi connectivity index (χ1v) is 26.1. The highest BCUT2D eigenvalue weighted by Gasteiger charge is 2.25. The zero-order valence-corrected chi connectivity index (χ0v) is 40.9. The van der Waals surface area contributed by atoms with Crippen LogP contribution in [-0.4, -0.2) is 42.4 Å². The summed E-state index contributed by atoms with van der Waals surface area (Å²) in [4.78, 5) is 0. The fraction of sp³-hybridized carbons (Fsp3) is 0.786. The first kappa shape index (κ1) is 59.7. The van der Waals surface area contributed by atoms with Gasteiger partial charge < -0.3 is 22.0 Å². The lowest BCUT2D eigenvalue weighted by molar-refractivity contribution is -0.929. The first-order valence-electron chi connectivity index (χ1n) is 26.1. The molecule has 0 aromatic carbocycles. The van der Waals surface area contributed by atoms with Gasteiger partial charge in [0, 0.05) is 0 Å². The van der Waals surface area contributed by atoms with E-state index in [9.17, 15) is 5.11 Å². The molecule has 0 rings (SSSR count). The number of hydrogen-bond acceptors (Lipinski definition) is 1. The topological polar surface area (TPSA) is 20.2 Å². The molecule has 0 aromatic heterocycles. The van der Waals surface area contributed by atoms with Crippen molar-refractivity contribution in [2.45, 2.75) is 252 Å². The molecular weight excluding hydrogens is 738 g/mol. The summed E-state index contributed by atoms with van der Waals surface area (Å²) < 4.78 is 1.17. The minimum Gasteiger partial charge on any atom is -1.00 e. The van der Waals surface area contributed by atoms with Gasteiger partial charge in [-0.3, -0.25) is 0 Å². The highest BCUT2D eigenvalue weighted by molar-refractivity contribution is 4.94. The molecule has 346 valence electrons. The Morgan fingerprint density at radius 3 is 0.729 bits per heavy atom. The lowest BCUT2D eigenvalue weighted by Crippen LogP contribution is -3.00. The number of quaternary nitrogens is 1. The van der Waals surface area contributed by atoms with Crippen molar-refractivity contribution in [3.05, 3.63) is 72.9 Å². The molecule has 0 atom stereocenters. The van der Waals surface area contributed by atoms with Gasteiger partial charge >= 0.3 is 0 Å². The van der Waals surface area contributed by atoms with Gasteiger partial charge in [0.15, 0.2) is 0 Å². The summed E-state index contributed by atoms with van der Waals surface area (Å²) >= 11 is 0. The average Bonchev–Trinajstić information content (AvgIpc) is 3.23. The Labute approximate surface area is 378 Å². The Morgan fingerprint density at radius 2 is 0.492 bits per heavy atom. The fourth-order valence-corrected chi connectivity index (χ4v) is 8.19. The van der Waals surface area contributed by atoms with Gasteiger partial charge in [-0.25, -0.2) is 0 Å². The number of nitrogens with zero attached hydrogens (tertiary/aromatic N) is 1. The first-order chi connectivity index (χ1) is 28.7. The molecular formula is C56H104ClNO. The SMILES string of the molecule is CCCCC/C=C\C/C=C\CCCCCCCC[N+](CCO)(CCCCCCCC/C=C\C/C=C\CCCCC)CCCCCCCC/C=C\C/C=C\CCCCC.[Cl-]. The molecule has 2 nitrogen and oxygen atoms in total. The van der Waals surface area contributed by atoms with Gasteiger partial charge in [-0.1, -0.05) is 190 Å². The lowest BCUT2D eigenvalue weighted by Gasteiger charge is -2.39. The van der Waals surface area contributed by atoms with Crippen molar-refractivity contribution in [2.75, 3.05) is 32.8 Å². The molecule has 0 fully saturated rings. The Kier molecular flexibility index (Phi) is 53.5. The van der Waals surface area contributed by atoms with Crippen LogP contribution in [0.1, 0.15) is 252 Å². The number of aliphatic hydroxyl groups is 1. The maximum atomic E-state index is 10.3. The van der Waals surface area contributed by atoms with E-state index in [1.165, 1.54) is 236 Å². The number of hydrogen-bond donors (Lipinski definition) is 1. The van der Waals surface area contributed by atoms with Crippen LogP contribution in [0.25, 0.3) is 0 Å². The van der Waals surface area contributed by atoms with Gasteiger partial charge in [-0.2, -0.15) is 0 Å². The molecule has 0 amide bonds. The van der Waals surface area contributed by atoms with Crippen molar-refractivity contribution in [1.82, 2.24) is 0 Å².